The summed E-state index contributed by atoms with van der Waals surface area (Å²) < 4.78 is 39.0. The third-order valence-electron chi connectivity index (χ3n) is 2.60. The smallest absolute Gasteiger partial charge is 0.254 e. The lowest BCUT2D eigenvalue weighted by atomic mass is 10.1. The molecule has 0 aliphatic carbocycles. The quantitative estimate of drug-likeness (QED) is 0.673. The van der Waals surface area contributed by atoms with Gasteiger partial charge in [0.1, 0.15) is 18.4 Å². The number of rotatable bonds is 5. The molecule has 1 heterocycles. The first-order valence-corrected chi connectivity index (χ1v) is 5.72. The number of anilines is 1. The Morgan fingerprint density at radius 2 is 1.85 bits per heavy atom. The Labute approximate surface area is 112 Å². The molecule has 2 rings (SSSR count). The molecule has 0 aliphatic rings. The lowest BCUT2D eigenvalue weighted by Gasteiger charge is -2.13. The van der Waals surface area contributed by atoms with Crippen LogP contribution in [0.2, 0.25) is 0 Å². The van der Waals surface area contributed by atoms with Crippen molar-refractivity contribution in [3.63, 3.8) is 0 Å². The molecule has 1 N–H and O–H groups in total. The van der Waals surface area contributed by atoms with E-state index in [1.54, 1.807) is 0 Å². The number of hydrogen-bond donors (Lipinski definition) is 1. The molecular formula is C13H10F3N3O. The lowest BCUT2D eigenvalue weighted by Crippen LogP contribution is -2.25. The highest BCUT2D eigenvalue weighted by atomic mass is 19.2. The molecule has 7 heteroatoms. The standard InChI is InChI=1S/C13H10F3N3O/c14-9-3-1-8(2-4-9)5-10(6-20)19-13-11(15)12(16)17-7-18-13/h1-4,6-7,10H,5H2,(H,17,18,19)/t10-/m1/s1. The van der Waals surface area contributed by atoms with Crippen LogP contribution in [-0.2, 0) is 11.2 Å². The minimum Gasteiger partial charge on any atom is -0.358 e. The van der Waals surface area contributed by atoms with Gasteiger partial charge in [-0.3, -0.25) is 0 Å². The number of benzene rings is 1. The van der Waals surface area contributed by atoms with Crippen LogP contribution < -0.4 is 5.32 Å². The fourth-order valence-electron chi connectivity index (χ4n) is 1.63. The predicted molar refractivity (Wildman–Crippen MR) is 65.5 cm³/mol. The summed E-state index contributed by atoms with van der Waals surface area (Å²) in [5.74, 6) is -3.34. The second-order valence-electron chi connectivity index (χ2n) is 4.04. The normalized spacial score (nSPS) is 11.9. The van der Waals surface area contributed by atoms with Crippen LogP contribution in [0.3, 0.4) is 0 Å². The molecular weight excluding hydrogens is 271 g/mol. The van der Waals surface area contributed by atoms with E-state index in [4.69, 9.17) is 0 Å². The number of carbonyl (C=O) groups excluding carboxylic acids is 1. The SMILES string of the molecule is O=C[C@@H](Cc1ccc(F)cc1)Nc1ncnc(F)c1F. The van der Waals surface area contributed by atoms with Crippen molar-refractivity contribution >= 4 is 12.1 Å². The summed E-state index contributed by atoms with van der Waals surface area (Å²) in [5, 5.41) is 2.47. The average Bonchev–Trinajstić information content (AvgIpc) is 2.45. The molecule has 1 aromatic heterocycles. The Kier molecular flexibility index (Phi) is 4.29. The Balaban J connectivity index is 2.11. The Bertz CT molecular complexity index is 604. The number of carbonyl (C=O) groups is 1. The third kappa shape index (κ3) is 3.31. The molecule has 4 nitrogen and oxygen atoms in total. The van der Waals surface area contributed by atoms with Crippen LogP contribution in [-0.4, -0.2) is 22.3 Å². The van der Waals surface area contributed by atoms with Gasteiger partial charge in [-0.05, 0) is 24.1 Å². The molecule has 104 valence electrons. The summed E-state index contributed by atoms with van der Waals surface area (Å²) in [7, 11) is 0. The van der Waals surface area contributed by atoms with Gasteiger partial charge in [0, 0.05) is 0 Å². The van der Waals surface area contributed by atoms with E-state index in [2.05, 4.69) is 15.3 Å². The maximum Gasteiger partial charge on any atom is 0.254 e. The van der Waals surface area contributed by atoms with Gasteiger partial charge in [0.05, 0.1) is 6.04 Å². The molecule has 0 amide bonds. The fraction of sp³-hybridized carbons (Fsp3) is 0.154. The van der Waals surface area contributed by atoms with Crippen LogP contribution in [0.1, 0.15) is 5.56 Å². The van der Waals surface area contributed by atoms with Gasteiger partial charge >= 0.3 is 0 Å². The van der Waals surface area contributed by atoms with Gasteiger partial charge in [0.2, 0.25) is 5.82 Å². The van der Waals surface area contributed by atoms with E-state index in [9.17, 15) is 18.0 Å². The molecule has 1 aromatic carbocycles. The van der Waals surface area contributed by atoms with E-state index in [-0.39, 0.29) is 6.42 Å². The molecule has 20 heavy (non-hydrogen) atoms. The molecule has 0 aliphatic heterocycles. The maximum atomic E-state index is 13.4. The average molecular weight is 281 g/mol. The van der Waals surface area contributed by atoms with E-state index in [0.717, 1.165) is 6.33 Å². The summed E-state index contributed by atoms with van der Waals surface area (Å²) in [6.45, 7) is 0. The lowest BCUT2D eigenvalue weighted by molar-refractivity contribution is -0.108. The van der Waals surface area contributed by atoms with Gasteiger partial charge < -0.3 is 10.1 Å². The number of nitrogens with zero attached hydrogens (tertiary/aromatic N) is 2. The van der Waals surface area contributed by atoms with E-state index in [1.165, 1.54) is 24.3 Å². The monoisotopic (exact) mass is 281 g/mol. The highest BCUT2D eigenvalue weighted by Crippen LogP contribution is 2.14. The number of aromatic nitrogens is 2. The van der Waals surface area contributed by atoms with Crippen molar-refractivity contribution in [1.29, 1.82) is 0 Å². The summed E-state index contributed by atoms with van der Waals surface area (Å²) >= 11 is 0. The predicted octanol–water partition coefficient (Wildman–Crippen LogP) is 2.12. The van der Waals surface area contributed by atoms with Crippen LogP contribution in [0, 0.1) is 17.6 Å². The van der Waals surface area contributed by atoms with Crippen molar-refractivity contribution in [3.8, 4) is 0 Å². The molecule has 0 saturated heterocycles. The third-order valence-corrected chi connectivity index (χ3v) is 2.60. The van der Waals surface area contributed by atoms with Gasteiger partial charge in [-0.1, -0.05) is 12.1 Å². The van der Waals surface area contributed by atoms with Crippen LogP contribution in [0.4, 0.5) is 19.0 Å². The summed E-state index contributed by atoms with van der Waals surface area (Å²) in [6.07, 6.45) is 1.58. The number of halogens is 3. The fourth-order valence-corrected chi connectivity index (χ4v) is 1.63. The van der Waals surface area contributed by atoms with Crippen molar-refractivity contribution < 1.29 is 18.0 Å². The zero-order chi connectivity index (χ0) is 14.5. The van der Waals surface area contributed by atoms with Gasteiger partial charge in [0.15, 0.2) is 5.82 Å². The van der Waals surface area contributed by atoms with E-state index in [1.807, 2.05) is 0 Å². The van der Waals surface area contributed by atoms with Crippen molar-refractivity contribution in [1.82, 2.24) is 9.97 Å². The summed E-state index contributed by atoms with van der Waals surface area (Å²) in [4.78, 5) is 17.6. The number of hydrogen-bond acceptors (Lipinski definition) is 4. The van der Waals surface area contributed by atoms with Crippen molar-refractivity contribution in [2.45, 2.75) is 12.5 Å². The van der Waals surface area contributed by atoms with Crippen LogP contribution >= 0.6 is 0 Å². The maximum absolute atomic E-state index is 13.4. The summed E-state index contributed by atoms with van der Waals surface area (Å²) in [5.41, 5.74) is 0.672. The van der Waals surface area contributed by atoms with Gasteiger partial charge in [-0.2, -0.15) is 8.78 Å². The molecule has 0 saturated carbocycles. The number of aldehydes is 1. The second kappa shape index (κ2) is 6.14. The highest BCUT2D eigenvalue weighted by molar-refractivity contribution is 5.64. The van der Waals surface area contributed by atoms with Crippen LogP contribution in [0.15, 0.2) is 30.6 Å². The molecule has 0 fully saturated rings. The Morgan fingerprint density at radius 1 is 1.15 bits per heavy atom. The first kappa shape index (κ1) is 14.0. The molecule has 0 spiro atoms. The van der Waals surface area contributed by atoms with Crippen LogP contribution in [0.25, 0.3) is 0 Å². The van der Waals surface area contributed by atoms with E-state index in [0.29, 0.717) is 11.8 Å². The van der Waals surface area contributed by atoms with Crippen molar-refractivity contribution in [2.24, 2.45) is 0 Å². The van der Waals surface area contributed by atoms with Gasteiger partial charge in [0.25, 0.3) is 5.95 Å². The van der Waals surface area contributed by atoms with Gasteiger partial charge in [-0.15, -0.1) is 0 Å². The van der Waals surface area contributed by atoms with E-state index < -0.39 is 29.4 Å². The second-order valence-corrected chi connectivity index (χ2v) is 4.04. The molecule has 0 unspecified atom stereocenters. The molecule has 2 aromatic rings. The van der Waals surface area contributed by atoms with Crippen molar-refractivity contribution in [3.05, 3.63) is 53.7 Å². The first-order chi connectivity index (χ1) is 9.60. The Hall–Kier alpha value is -2.44. The van der Waals surface area contributed by atoms with Crippen LogP contribution in [0.5, 0.6) is 0 Å². The van der Waals surface area contributed by atoms with E-state index >= 15 is 0 Å². The largest absolute Gasteiger partial charge is 0.358 e. The minimum atomic E-state index is -1.30. The summed E-state index contributed by atoms with van der Waals surface area (Å²) in [6, 6.07) is 4.70. The Morgan fingerprint density at radius 3 is 2.50 bits per heavy atom. The molecule has 0 bridgehead atoms. The van der Waals surface area contributed by atoms with Crippen molar-refractivity contribution in [2.75, 3.05) is 5.32 Å². The zero-order valence-corrected chi connectivity index (χ0v) is 10.2. The number of nitrogens with one attached hydrogen (secondary N) is 1. The molecule has 1 atom stereocenters. The minimum absolute atomic E-state index is 0.189. The van der Waals surface area contributed by atoms with Gasteiger partial charge in [-0.25, -0.2) is 14.4 Å². The topological polar surface area (TPSA) is 54.9 Å². The highest BCUT2D eigenvalue weighted by Gasteiger charge is 2.15. The zero-order valence-electron chi connectivity index (χ0n) is 10.2. The first-order valence-electron chi connectivity index (χ1n) is 5.72. The molecule has 0 radical (unpaired) electrons.